The van der Waals surface area contributed by atoms with Crippen LogP contribution in [0.15, 0.2) is 18.2 Å². The number of aliphatic hydroxyl groups is 1. The number of alkyl halides is 3. The van der Waals surface area contributed by atoms with Gasteiger partial charge >= 0.3 is 6.18 Å². The molecule has 0 saturated carbocycles. The Morgan fingerprint density at radius 3 is 2.39 bits per heavy atom. The second-order valence-electron chi connectivity index (χ2n) is 4.27. The molecule has 0 saturated heterocycles. The first-order chi connectivity index (χ1) is 8.24. The zero-order valence-corrected chi connectivity index (χ0v) is 10.9. The molecule has 1 rings (SSSR count). The number of hydrogen-bond donors (Lipinski definition) is 1. The number of rotatable bonds is 4. The van der Waals surface area contributed by atoms with Crippen molar-refractivity contribution in [2.24, 2.45) is 0 Å². The summed E-state index contributed by atoms with van der Waals surface area (Å²) >= 11 is 5.76. The summed E-state index contributed by atoms with van der Waals surface area (Å²) in [5, 5.41) is 9.59. The summed E-state index contributed by atoms with van der Waals surface area (Å²) in [5.74, 6) is 0. The maximum atomic E-state index is 12.5. The quantitative estimate of drug-likeness (QED) is 0.911. The van der Waals surface area contributed by atoms with Gasteiger partial charge in [-0.25, -0.2) is 0 Å². The smallest absolute Gasteiger partial charge is 0.392 e. The Morgan fingerprint density at radius 2 is 1.94 bits per heavy atom. The van der Waals surface area contributed by atoms with Crippen molar-refractivity contribution in [2.45, 2.75) is 32.7 Å². The van der Waals surface area contributed by atoms with Gasteiger partial charge in [0.05, 0.1) is 6.61 Å². The van der Waals surface area contributed by atoms with Crippen LogP contribution in [0.5, 0.6) is 0 Å². The van der Waals surface area contributed by atoms with Crippen LogP contribution in [0.1, 0.15) is 19.4 Å². The minimum atomic E-state index is -4.30. The molecule has 6 heteroatoms. The van der Waals surface area contributed by atoms with Crippen molar-refractivity contribution in [1.29, 1.82) is 0 Å². The Labute approximate surface area is 109 Å². The summed E-state index contributed by atoms with van der Waals surface area (Å²) in [6.07, 6.45) is -4.30. The van der Waals surface area contributed by atoms with Gasteiger partial charge in [-0.1, -0.05) is 11.6 Å². The predicted octanol–water partition coefficient (Wildman–Crippen LogP) is 3.61. The van der Waals surface area contributed by atoms with Crippen LogP contribution in [0.4, 0.5) is 18.9 Å². The Morgan fingerprint density at radius 1 is 1.33 bits per heavy atom. The van der Waals surface area contributed by atoms with Gasteiger partial charge in [-0.3, -0.25) is 0 Å². The van der Waals surface area contributed by atoms with Crippen LogP contribution < -0.4 is 4.90 Å². The first kappa shape index (κ1) is 15.1. The summed E-state index contributed by atoms with van der Waals surface area (Å²) in [6.45, 7) is 1.93. The number of halogens is 4. The minimum absolute atomic E-state index is 0.335. The average Bonchev–Trinajstić information content (AvgIpc) is 2.24. The topological polar surface area (TPSA) is 23.5 Å². The van der Waals surface area contributed by atoms with Gasteiger partial charge in [-0.15, -0.1) is 0 Å². The lowest BCUT2D eigenvalue weighted by molar-refractivity contribution is -0.120. The highest BCUT2D eigenvalue weighted by Crippen LogP contribution is 2.29. The number of benzene rings is 1. The third-order valence-electron chi connectivity index (χ3n) is 2.49. The van der Waals surface area contributed by atoms with Crippen molar-refractivity contribution < 1.29 is 18.3 Å². The molecule has 0 atom stereocenters. The highest BCUT2D eigenvalue weighted by Gasteiger charge is 2.32. The van der Waals surface area contributed by atoms with Gasteiger partial charge in [0.15, 0.2) is 0 Å². The lowest BCUT2D eigenvalue weighted by Gasteiger charge is -2.31. The van der Waals surface area contributed by atoms with Gasteiger partial charge in [0.1, 0.15) is 6.54 Å². The standard InChI is InChI=1S/C12H15ClF3NO/c1-8(2)17(7-12(14,15)16)11-4-3-10(13)5-9(11)6-18/h3-5,8,18H,6-7H2,1-2H3. The number of anilines is 1. The van der Waals surface area contributed by atoms with Crippen molar-refractivity contribution in [2.75, 3.05) is 11.4 Å². The zero-order valence-electron chi connectivity index (χ0n) is 10.1. The molecule has 0 bridgehead atoms. The van der Waals surface area contributed by atoms with E-state index in [1.165, 1.54) is 23.1 Å². The molecule has 0 fully saturated rings. The predicted molar refractivity (Wildman–Crippen MR) is 65.9 cm³/mol. The lowest BCUT2D eigenvalue weighted by Crippen LogP contribution is -2.39. The molecule has 0 aliphatic carbocycles. The van der Waals surface area contributed by atoms with E-state index in [0.717, 1.165) is 0 Å². The van der Waals surface area contributed by atoms with Crippen molar-refractivity contribution in [3.63, 3.8) is 0 Å². The number of hydrogen-bond acceptors (Lipinski definition) is 2. The van der Waals surface area contributed by atoms with E-state index in [1.54, 1.807) is 13.8 Å². The van der Waals surface area contributed by atoms with E-state index < -0.39 is 12.7 Å². The van der Waals surface area contributed by atoms with Crippen LogP contribution in [0.3, 0.4) is 0 Å². The van der Waals surface area contributed by atoms with Gasteiger partial charge < -0.3 is 10.0 Å². The summed E-state index contributed by atoms with van der Waals surface area (Å²) in [4.78, 5) is 1.20. The molecule has 0 aromatic heterocycles. The monoisotopic (exact) mass is 281 g/mol. The molecule has 1 N–H and O–H groups in total. The van der Waals surface area contributed by atoms with Crippen LogP contribution in [0.25, 0.3) is 0 Å². The second-order valence-corrected chi connectivity index (χ2v) is 4.70. The molecule has 0 unspecified atom stereocenters. The van der Waals surface area contributed by atoms with Crippen LogP contribution in [-0.2, 0) is 6.61 Å². The fourth-order valence-corrected chi connectivity index (χ4v) is 1.89. The molecule has 1 aromatic carbocycles. The highest BCUT2D eigenvalue weighted by atomic mass is 35.5. The summed E-state index contributed by atoms with van der Waals surface area (Å²) in [7, 11) is 0. The van der Waals surface area contributed by atoms with Crippen molar-refractivity contribution in [3.05, 3.63) is 28.8 Å². The molecule has 18 heavy (non-hydrogen) atoms. The fourth-order valence-electron chi connectivity index (χ4n) is 1.70. The Balaban J connectivity index is 3.13. The third-order valence-corrected chi connectivity index (χ3v) is 2.73. The van der Waals surface area contributed by atoms with Gasteiger partial charge in [-0.05, 0) is 32.0 Å². The second kappa shape index (κ2) is 5.80. The van der Waals surface area contributed by atoms with Crippen molar-refractivity contribution in [1.82, 2.24) is 0 Å². The lowest BCUT2D eigenvalue weighted by atomic mass is 10.1. The normalized spacial score (nSPS) is 12.0. The van der Waals surface area contributed by atoms with Crippen LogP contribution in [-0.4, -0.2) is 23.9 Å². The summed E-state index contributed by atoms with van der Waals surface area (Å²) < 4.78 is 37.6. The van der Waals surface area contributed by atoms with Gasteiger partial charge in [0, 0.05) is 22.3 Å². The molecule has 0 aliphatic rings. The van der Waals surface area contributed by atoms with Crippen LogP contribution in [0, 0.1) is 0 Å². The average molecular weight is 282 g/mol. The Hall–Kier alpha value is -0.940. The minimum Gasteiger partial charge on any atom is -0.392 e. The first-order valence-corrected chi connectivity index (χ1v) is 5.85. The molecule has 0 heterocycles. The number of aliphatic hydroxyl groups excluding tert-OH is 1. The van der Waals surface area contributed by atoms with Crippen LogP contribution >= 0.6 is 11.6 Å². The number of nitrogens with zero attached hydrogens (tertiary/aromatic N) is 1. The maximum Gasteiger partial charge on any atom is 0.405 e. The molecule has 2 nitrogen and oxygen atoms in total. The van der Waals surface area contributed by atoms with Gasteiger partial charge in [-0.2, -0.15) is 13.2 Å². The van der Waals surface area contributed by atoms with E-state index in [2.05, 4.69) is 0 Å². The zero-order chi connectivity index (χ0) is 13.9. The van der Waals surface area contributed by atoms with Crippen molar-refractivity contribution in [3.8, 4) is 0 Å². The Kier molecular flexibility index (Phi) is 4.87. The molecule has 0 radical (unpaired) electrons. The van der Waals surface area contributed by atoms with E-state index in [1.807, 2.05) is 0 Å². The van der Waals surface area contributed by atoms with E-state index in [-0.39, 0.29) is 12.6 Å². The van der Waals surface area contributed by atoms with E-state index >= 15 is 0 Å². The van der Waals surface area contributed by atoms with Crippen LogP contribution in [0.2, 0.25) is 5.02 Å². The van der Waals surface area contributed by atoms with E-state index in [4.69, 9.17) is 11.6 Å². The Bertz CT molecular complexity index is 407. The highest BCUT2D eigenvalue weighted by molar-refractivity contribution is 6.30. The molecule has 0 amide bonds. The molecular weight excluding hydrogens is 267 g/mol. The van der Waals surface area contributed by atoms with Gasteiger partial charge in [0.2, 0.25) is 0 Å². The molecular formula is C12H15ClF3NO. The fraction of sp³-hybridized carbons (Fsp3) is 0.500. The largest absolute Gasteiger partial charge is 0.405 e. The molecule has 0 aliphatic heterocycles. The molecule has 102 valence electrons. The SMILES string of the molecule is CC(C)N(CC(F)(F)F)c1ccc(Cl)cc1CO. The first-order valence-electron chi connectivity index (χ1n) is 5.47. The summed E-state index contributed by atoms with van der Waals surface area (Å²) in [6, 6.07) is 4.16. The molecule has 0 spiro atoms. The van der Waals surface area contributed by atoms with Crippen molar-refractivity contribution >= 4 is 17.3 Å². The molecule has 1 aromatic rings. The van der Waals surface area contributed by atoms with Gasteiger partial charge in [0.25, 0.3) is 0 Å². The van der Waals surface area contributed by atoms with E-state index in [0.29, 0.717) is 16.3 Å². The summed E-state index contributed by atoms with van der Waals surface area (Å²) in [5.41, 5.74) is 0.745. The van der Waals surface area contributed by atoms with E-state index in [9.17, 15) is 18.3 Å². The maximum absolute atomic E-state index is 12.5. The third kappa shape index (κ3) is 4.07.